The molecule has 1 aromatic heterocycles. The Bertz CT molecular complexity index is 754. The van der Waals surface area contributed by atoms with Crippen molar-refractivity contribution in [3.63, 3.8) is 0 Å². The number of benzene rings is 1. The number of rotatable bonds is 4. The predicted molar refractivity (Wildman–Crippen MR) is 95.4 cm³/mol. The summed E-state index contributed by atoms with van der Waals surface area (Å²) in [7, 11) is 0. The topological polar surface area (TPSA) is 54.1 Å². The fourth-order valence-electron chi connectivity index (χ4n) is 4.01. The van der Waals surface area contributed by atoms with Gasteiger partial charge < -0.3 is 9.64 Å². The quantitative estimate of drug-likeness (QED) is 0.805. The first-order valence-electron chi connectivity index (χ1n) is 9.18. The van der Waals surface area contributed by atoms with Crippen molar-refractivity contribution >= 4 is 0 Å². The van der Waals surface area contributed by atoms with Crippen LogP contribution in [0.5, 0.6) is 0 Å². The van der Waals surface area contributed by atoms with E-state index in [9.17, 15) is 0 Å². The van der Waals surface area contributed by atoms with E-state index in [-0.39, 0.29) is 5.60 Å². The lowest BCUT2D eigenvalue weighted by Crippen LogP contribution is -2.46. The molecule has 2 aliphatic heterocycles. The number of nitrogens with zero attached hydrogens (tertiary/aromatic N) is 4. The van der Waals surface area contributed by atoms with Gasteiger partial charge in [0.05, 0.1) is 24.1 Å². The first-order valence-corrected chi connectivity index (χ1v) is 9.18. The van der Waals surface area contributed by atoms with E-state index < -0.39 is 0 Å². The second-order valence-electron chi connectivity index (χ2n) is 6.98. The molecule has 2 aliphatic rings. The molecule has 0 aliphatic carbocycles. The molecule has 0 bridgehead atoms. The van der Waals surface area contributed by atoms with Crippen LogP contribution in [-0.2, 0) is 16.8 Å². The van der Waals surface area contributed by atoms with Crippen molar-refractivity contribution < 1.29 is 4.74 Å². The summed E-state index contributed by atoms with van der Waals surface area (Å²) in [6.45, 7) is 3.82. The average molecular weight is 336 g/mol. The summed E-state index contributed by atoms with van der Waals surface area (Å²) in [5.41, 5.74) is 3.34. The van der Waals surface area contributed by atoms with Crippen LogP contribution in [0.2, 0.25) is 0 Å². The zero-order valence-corrected chi connectivity index (χ0v) is 14.5. The number of unbranched alkanes of at least 4 members (excludes halogenated alkanes) is 1. The number of likely N-dealkylation sites (tertiary alicyclic amines) is 1. The molecule has 0 N–H and O–H groups in total. The Morgan fingerprint density at radius 3 is 2.76 bits per heavy atom. The monoisotopic (exact) mass is 336 g/mol. The van der Waals surface area contributed by atoms with E-state index >= 15 is 0 Å². The van der Waals surface area contributed by atoms with Gasteiger partial charge in [-0.25, -0.2) is 4.68 Å². The highest BCUT2D eigenvalue weighted by atomic mass is 16.5. The standard InChI is InChI=1S/C20H24N4O/c21-11-4-5-12-23-13-9-20(10-14-23)19-17(8-15-25-20)16-24(22-19)18-6-2-1-3-7-18/h1-3,6-7,16H,4-5,8-10,12-15H2. The second kappa shape index (κ2) is 6.99. The van der Waals surface area contributed by atoms with Crippen molar-refractivity contribution in [2.24, 2.45) is 0 Å². The van der Waals surface area contributed by atoms with Crippen LogP contribution in [0.3, 0.4) is 0 Å². The summed E-state index contributed by atoms with van der Waals surface area (Å²) in [6, 6.07) is 12.5. The third-order valence-corrected chi connectivity index (χ3v) is 5.42. The molecule has 0 saturated carbocycles. The van der Waals surface area contributed by atoms with Gasteiger partial charge in [-0.05, 0) is 49.9 Å². The van der Waals surface area contributed by atoms with Gasteiger partial charge >= 0.3 is 0 Å². The number of para-hydroxylation sites is 1. The fraction of sp³-hybridized carbons (Fsp3) is 0.500. The molecule has 0 unspecified atom stereocenters. The molecule has 1 saturated heterocycles. The fourth-order valence-corrected chi connectivity index (χ4v) is 4.01. The maximum Gasteiger partial charge on any atom is 0.115 e. The first-order chi connectivity index (χ1) is 12.3. The van der Waals surface area contributed by atoms with Crippen molar-refractivity contribution in [3.05, 3.63) is 47.8 Å². The van der Waals surface area contributed by atoms with Crippen molar-refractivity contribution in [2.75, 3.05) is 26.2 Å². The molecule has 1 fully saturated rings. The van der Waals surface area contributed by atoms with E-state index in [2.05, 4.69) is 29.3 Å². The Balaban J connectivity index is 1.52. The lowest BCUT2D eigenvalue weighted by Gasteiger charge is -2.43. The average Bonchev–Trinajstić information content (AvgIpc) is 3.11. The summed E-state index contributed by atoms with van der Waals surface area (Å²) in [4.78, 5) is 2.45. The highest BCUT2D eigenvalue weighted by Crippen LogP contribution is 2.40. The molecule has 0 amide bonds. The summed E-state index contributed by atoms with van der Waals surface area (Å²) in [5.74, 6) is 0. The van der Waals surface area contributed by atoms with E-state index in [4.69, 9.17) is 15.1 Å². The van der Waals surface area contributed by atoms with Crippen LogP contribution in [0.25, 0.3) is 5.69 Å². The Morgan fingerprint density at radius 2 is 2.00 bits per heavy atom. The largest absolute Gasteiger partial charge is 0.368 e. The minimum absolute atomic E-state index is 0.223. The van der Waals surface area contributed by atoms with Crippen LogP contribution in [0, 0.1) is 11.3 Å². The SMILES string of the molecule is N#CCCCN1CCC2(CC1)OCCc1cn(-c3ccccc3)nc12. The van der Waals surface area contributed by atoms with Crippen LogP contribution < -0.4 is 0 Å². The van der Waals surface area contributed by atoms with Gasteiger partial charge in [0.15, 0.2) is 0 Å². The lowest BCUT2D eigenvalue weighted by molar-refractivity contribution is -0.101. The minimum atomic E-state index is -0.223. The van der Waals surface area contributed by atoms with Crippen LogP contribution in [0.15, 0.2) is 36.5 Å². The number of fused-ring (bicyclic) bond motifs is 2. The molecular formula is C20H24N4O. The molecule has 5 nitrogen and oxygen atoms in total. The molecule has 130 valence electrons. The van der Waals surface area contributed by atoms with Gasteiger partial charge in [-0.1, -0.05) is 18.2 Å². The number of piperidine rings is 1. The molecular weight excluding hydrogens is 312 g/mol. The molecule has 0 atom stereocenters. The molecule has 0 radical (unpaired) electrons. The van der Waals surface area contributed by atoms with Gasteiger partial charge in [-0.2, -0.15) is 10.4 Å². The molecule has 1 aromatic carbocycles. The van der Waals surface area contributed by atoms with E-state index in [1.165, 1.54) is 5.56 Å². The second-order valence-corrected chi connectivity index (χ2v) is 6.98. The number of aromatic nitrogens is 2. The molecule has 3 heterocycles. The van der Waals surface area contributed by atoms with Crippen LogP contribution >= 0.6 is 0 Å². The van der Waals surface area contributed by atoms with Crippen molar-refractivity contribution in [1.82, 2.24) is 14.7 Å². The van der Waals surface area contributed by atoms with Gasteiger partial charge in [0.2, 0.25) is 0 Å². The van der Waals surface area contributed by atoms with E-state index in [1.807, 2.05) is 22.9 Å². The van der Waals surface area contributed by atoms with Crippen molar-refractivity contribution in [2.45, 2.75) is 37.7 Å². The summed E-state index contributed by atoms with van der Waals surface area (Å²) >= 11 is 0. The first kappa shape index (κ1) is 16.3. The smallest absolute Gasteiger partial charge is 0.115 e. The van der Waals surface area contributed by atoms with E-state index in [0.717, 1.165) is 63.3 Å². The van der Waals surface area contributed by atoms with Gasteiger partial charge in [0, 0.05) is 25.7 Å². The Labute approximate surface area is 148 Å². The molecule has 1 spiro atoms. The lowest BCUT2D eigenvalue weighted by atomic mass is 9.84. The highest BCUT2D eigenvalue weighted by molar-refractivity contribution is 5.35. The Morgan fingerprint density at radius 1 is 1.20 bits per heavy atom. The normalized spacial score (nSPS) is 19.5. The molecule has 2 aromatic rings. The zero-order valence-electron chi connectivity index (χ0n) is 14.5. The number of hydrogen-bond donors (Lipinski definition) is 0. The van der Waals surface area contributed by atoms with Crippen molar-refractivity contribution in [1.29, 1.82) is 5.26 Å². The molecule has 4 rings (SSSR count). The Hall–Kier alpha value is -2.16. The maximum atomic E-state index is 8.70. The van der Waals surface area contributed by atoms with Crippen LogP contribution in [0.1, 0.15) is 36.9 Å². The maximum absolute atomic E-state index is 8.70. The van der Waals surface area contributed by atoms with E-state index in [1.54, 1.807) is 0 Å². The van der Waals surface area contributed by atoms with Crippen molar-refractivity contribution in [3.8, 4) is 11.8 Å². The number of nitriles is 1. The van der Waals surface area contributed by atoms with Gasteiger partial charge in [0.1, 0.15) is 5.60 Å². The molecule has 25 heavy (non-hydrogen) atoms. The zero-order chi connectivity index (χ0) is 17.1. The summed E-state index contributed by atoms with van der Waals surface area (Å²) in [6.07, 6.45) is 6.68. The van der Waals surface area contributed by atoms with Gasteiger partial charge in [-0.15, -0.1) is 0 Å². The number of hydrogen-bond acceptors (Lipinski definition) is 4. The van der Waals surface area contributed by atoms with Gasteiger partial charge in [0.25, 0.3) is 0 Å². The van der Waals surface area contributed by atoms with Gasteiger partial charge in [-0.3, -0.25) is 0 Å². The third-order valence-electron chi connectivity index (χ3n) is 5.42. The summed E-state index contributed by atoms with van der Waals surface area (Å²) in [5, 5.41) is 13.6. The highest BCUT2D eigenvalue weighted by Gasteiger charge is 2.43. The van der Waals surface area contributed by atoms with E-state index in [0.29, 0.717) is 6.42 Å². The third kappa shape index (κ3) is 3.20. The minimum Gasteiger partial charge on any atom is -0.368 e. The predicted octanol–water partition coefficient (Wildman–Crippen LogP) is 3.04. The van der Waals surface area contributed by atoms with Crippen LogP contribution in [0.4, 0.5) is 0 Å². The van der Waals surface area contributed by atoms with Crippen LogP contribution in [-0.4, -0.2) is 40.9 Å². The number of ether oxygens (including phenoxy) is 1. The molecule has 5 heteroatoms. The Kier molecular flexibility index (Phi) is 4.56. The summed E-state index contributed by atoms with van der Waals surface area (Å²) < 4.78 is 8.30.